The molecule has 1 aromatic heterocycles. The summed E-state index contributed by atoms with van der Waals surface area (Å²) in [6, 6.07) is 9.85. The fourth-order valence-electron chi connectivity index (χ4n) is 2.12. The molecule has 0 fully saturated rings. The Hall–Kier alpha value is -3.04. The zero-order chi connectivity index (χ0) is 19.1. The number of ether oxygens (including phenoxy) is 2. The molecule has 1 heterocycles. The standard InChI is InChI=1S/C19H16ClNO5/c1-3-24-18(22)13(11-21)9-14-6-8-17(26-14)12-5-7-16(20)15(10-12)19(23)25-4-2/h5-10H,3-4H2,1-2H3. The number of carbonyl (C=O) groups is 2. The Morgan fingerprint density at radius 3 is 2.58 bits per heavy atom. The number of carbonyl (C=O) groups excluding carboxylic acids is 2. The lowest BCUT2D eigenvalue weighted by Crippen LogP contribution is -2.05. The molecule has 0 radical (unpaired) electrons. The average Bonchev–Trinajstić information content (AvgIpc) is 3.09. The molecule has 0 spiro atoms. The van der Waals surface area contributed by atoms with Gasteiger partial charge in [-0.1, -0.05) is 11.6 Å². The Balaban J connectivity index is 2.33. The van der Waals surface area contributed by atoms with Crippen molar-refractivity contribution in [3.05, 3.63) is 52.3 Å². The van der Waals surface area contributed by atoms with Gasteiger partial charge in [0.1, 0.15) is 23.2 Å². The zero-order valence-electron chi connectivity index (χ0n) is 14.2. The lowest BCUT2D eigenvalue weighted by molar-refractivity contribution is -0.137. The predicted molar refractivity (Wildman–Crippen MR) is 95.3 cm³/mol. The number of furan rings is 1. The van der Waals surface area contributed by atoms with Crippen molar-refractivity contribution in [2.24, 2.45) is 0 Å². The van der Waals surface area contributed by atoms with Crippen molar-refractivity contribution in [2.45, 2.75) is 13.8 Å². The van der Waals surface area contributed by atoms with Gasteiger partial charge in [-0.05, 0) is 44.2 Å². The van der Waals surface area contributed by atoms with E-state index >= 15 is 0 Å². The van der Waals surface area contributed by atoms with Crippen molar-refractivity contribution >= 4 is 29.6 Å². The predicted octanol–water partition coefficient (Wildman–Crippen LogP) is 4.25. The second-order valence-electron chi connectivity index (χ2n) is 5.01. The third kappa shape index (κ3) is 4.52. The minimum absolute atomic E-state index is 0.169. The number of hydrogen-bond donors (Lipinski definition) is 0. The van der Waals surface area contributed by atoms with Crippen LogP contribution in [-0.2, 0) is 14.3 Å². The second-order valence-corrected chi connectivity index (χ2v) is 5.41. The molecule has 1 aromatic carbocycles. The Labute approximate surface area is 155 Å². The Morgan fingerprint density at radius 2 is 1.92 bits per heavy atom. The summed E-state index contributed by atoms with van der Waals surface area (Å²) in [5, 5.41) is 9.33. The molecule has 26 heavy (non-hydrogen) atoms. The van der Waals surface area contributed by atoms with Gasteiger partial charge in [-0.15, -0.1) is 0 Å². The molecule has 0 unspecified atom stereocenters. The van der Waals surface area contributed by atoms with Crippen LogP contribution in [0.1, 0.15) is 30.0 Å². The molecule has 134 valence electrons. The third-order valence-electron chi connectivity index (χ3n) is 3.28. The molecule has 7 heteroatoms. The Bertz CT molecular complexity index is 892. The molecule has 0 aliphatic rings. The van der Waals surface area contributed by atoms with Crippen molar-refractivity contribution in [3.8, 4) is 17.4 Å². The molecule has 6 nitrogen and oxygen atoms in total. The lowest BCUT2D eigenvalue weighted by Gasteiger charge is -2.06. The molecular weight excluding hydrogens is 358 g/mol. The molecule has 0 aliphatic carbocycles. The van der Waals surface area contributed by atoms with Crippen LogP contribution in [0.25, 0.3) is 17.4 Å². The molecular formula is C19H16ClNO5. The van der Waals surface area contributed by atoms with E-state index < -0.39 is 11.9 Å². The largest absolute Gasteiger partial charge is 0.462 e. The summed E-state index contributed by atoms with van der Waals surface area (Å²) in [5.74, 6) is -0.499. The Morgan fingerprint density at radius 1 is 1.19 bits per heavy atom. The van der Waals surface area contributed by atoms with E-state index in [2.05, 4.69) is 0 Å². The van der Waals surface area contributed by atoms with Gasteiger partial charge in [0.2, 0.25) is 0 Å². The fraction of sp³-hybridized carbons (Fsp3) is 0.211. The number of hydrogen-bond acceptors (Lipinski definition) is 6. The summed E-state index contributed by atoms with van der Waals surface area (Å²) in [7, 11) is 0. The molecule has 0 saturated heterocycles. The van der Waals surface area contributed by atoms with Crippen molar-refractivity contribution in [1.29, 1.82) is 5.26 Å². The SMILES string of the molecule is CCOC(=O)C(C#N)=Cc1ccc(-c2ccc(Cl)c(C(=O)OCC)c2)o1. The van der Waals surface area contributed by atoms with Gasteiger partial charge in [-0.2, -0.15) is 5.26 Å². The van der Waals surface area contributed by atoms with Crippen LogP contribution in [0.5, 0.6) is 0 Å². The second kappa shape index (κ2) is 8.88. The molecule has 2 aromatic rings. The number of benzene rings is 1. The van der Waals surface area contributed by atoms with E-state index in [4.69, 9.17) is 30.8 Å². The minimum atomic E-state index is -0.718. The molecule has 0 amide bonds. The normalized spacial score (nSPS) is 10.9. The van der Waals surface area contributed by atoms with Gasteiger partial charge in [0.05, 0.1) is 23.8 Å². The van der Waals surface area contributed by atoms with Crippen LogP contribution in [0, 0.1) is 11.3 Å². The molecule has 0 aliphatic heterocycles. The van der Waals surface area contributed by atoms with Gasteiger partial charge >= 0.3 is 11.9 Å². The van der Waals surface area contributed by atoms with Crippen LogP contribution in [0.4, 0.5) is 0 Å². The van der Waals surface area contributed by atoms with Crippen molar-refractivity contribution in [3.63, 3.8) is 0 Å². The summed E-state index contributed by atoms with van der Waals surface area (Å²) in [4.78, 5) is 23.6. The molecule has 0 N–H and O–H groups in total. The third-order valence-corrected chi connectivity index (χ3v) is 3.60. The molecule has 0 bridgehead atoms. The van der Waals surface area contributed by atoms with Gasteiger partial charge in [-0.25, -0.2) is 9.59 Å². The van der Waals surface area contributed by atoms with Crippen molar-refractivity contribution < 1.29 is 23.5 Å². The molecule has 0 atom stereocenters. The van der Waals surface area contributed by atoms with Crippen molar-refractivity contribution in [2.75, 3.05) is 13.2 Å². The number of nitriles is 1. The van der Waals surface area contributed by atoms with Gasteiger partial charge in [0.25, 0.3) is 0 Å². The molecule has 2 rings (SSSR count). The van der Waals surface area contributed by atoms with Crippen LogP contribution < -0.4 is 0 Å². The van der Waals surface area contributed by atoms with E-state index in [1.54, 1.807) is 50.2 Å². The first-order chi connectivity index (χ1) is 12.5. The maximum atomic E-state index is 11.9. The van der Waals surface area contributed by atoms with Gasteiger partial charge in [0, 0.05) is 11.6 Å². The van der Waals surface area contributed by atoms with E-state index in [0.29, 0.717) is 17.1 Å². The van der Waals surface area contributed by atoms with Crippen LogP contribution in [0.15, 0.2) is 40.3 Å². The van der Waals surface area contributed by atoms with Crippen LogP contribution >= 0.6 is 11.6 Å². The minimum Gasteiger partial charge on any atom is -0.462 e. The summed E-state index contributed by atoms with van der Waals surface area (Å²) in [6.45, 7) is 3.76. The van der Waals surface area contributed by atoms with E-state index in [1.165, 1.54) is 6.08 Å². The summed E-state index contributed by atoms with van der Waals surface area (Å²) in [6.07, 6.45) is 1.30. The van der Waals surface area contributed by atoms with Gasteiger partial charge in [-0.3, -0.25) is 0 Å². The highest BCUT2D eigenvalue weighted by Crippen LogP contribution is 2.28. The fourth-order valence-corrected chi connectivity index (χ4v) is 2.31. The van der Waals surface area contributed by atoms with Crippen LogP contribution in [0.3, 0.4) is 0 Å². The number of rotatable bonds is 6. The zero-order valence-corrected chi connectivity index (χ0v) is 15.0. The molecule has 0 saturated carbocycles. The van der Waals surface area contributed by atoms with E-state index in [-0.39, 0.29) is 29.4 Å². The number of halogens is 1. The highest BCUT2D eigenvalue weighted by Gasteiger charge is 2.15. The first-order valence-electron chi connectivity index (χ1n) is 7.85. The number of esters is 2. The lowest BCUT2D eigenvalue weighted by atomic mass is 10.1. The van der Waals surface area contributed by atoms with Crippen LogP contribution in [-0.4, -0.2) is 25.2 Å². The quantitative estimate of drug-likeness (QED) is 0.427. The smallest absolute Gasteiger partial charge is 0.349 e. The maximum Gasteiger partial charge on any atom is 0.349 e. The monoisotopic (exact) mass is 373 g/mol. The highest BCUT2D eigenvalue weighted by atomic mass is 35.5. The summed E-state index contributed by atoms with van der Waals surface area (Å²) < 4.78 is 15.4. The first kappa shape index (κ1) is 19.3. The number of nitrogens with zero attached hydrogens (tertiary/aromatic N) is 1. The summed E-state index contributed by atoms with van der Waals surface area (Å²) >= 11 is 6.04. The van der Waals surface area contributed by atoms with Crippen molar-refractivity contribution in [1.82, 2.24) is 0 Å². The van der Waals surface area contributed by atoms with Crippen LogP contribution in [0.2, 0.25) is 5.02 Å². The maximum absolute atomic E-state index is 11.9. The van der Waals surface area contributed by atoms with E-state index in [1.807, 2.05) is 0 Å². The Kier molecular flexibility index (Phi) is 6.59. The topological polar surface area (TPSA) is 89.5 Å². The van der Waals surface area contributed by atoms with E-state index in [9.17, 15) is 9.59 Å². The van der Waals surface area contributed by atoms with E-state index in [0.717, 1.165) is 0 Å². The average molecular weight is 374 g/mol. The summed E-state index contributed by atoms with van der Waals surface area (Å²) in [5.41, 5.74) is 0.659. The van der Waals surface area contributed by atoms with Gasteiger partial charge < -0.3 is 13.9 Å². The highest BCUT2D eigenvalue weighted by molar-refractivity contribution is 6.33. The van der Waals surface area contributed by atoms with Gasteiger partial charge in [0.15, 0.2) is 0 Å². The first-order valence-corrected chi connectivity index (χ1v) is 8.23.